The zero-order valence-corrected chi connectivity index (χ0v) is 22.2. The molecule has 0 fully saturated rings. The molecule has 5 rings (SSSR count). The lowest BCUT2D eigenvalue weighted by Crippen LogP contribution is -2.37. The monoisotopic (exact) mass is 560 g/mol. The van der Waals surface area contributed by atoms with E-state index < -0.39 is 17.2 Å². The van der Waals surface area contributed by atoms with Crippen LogP contribution in [-0.2, 0) is 25.3 Å². The molecule has 0 saturated carbocycles. The maximum Gasteiger partial charge on any atom is 0.159 e. The minimum Gasteiger partial charge on any atom is -0.497 e. The van der Waals surface area contributed by atoms with Gasteiger partial charge in [-0.05, 0) is 48.9 Å². The molecule has 0 radical (unpaired) electrons. The summed E-state index contributed by atoms with van der Waals surface area (Å²) in [6, 6.07) is 15.5. The van der Waals surface area contributed by atoms with Crippen LogP contribution in [-0.4, -0.2) is 47.8 Å². The minimum absolute atomic E-state index is 0.0228. The van der Waals surface area contributed by atoms with Gasteiger partial charge in [0.05, 0.1) is 26.4 Å². The Morgan fingerprint density at radius 1 is 1.02 bits per heavy atom. The SMILES string of the molecule is COc1ccc(-c2cc(C(C)=O)ccc2OCc2cn(CC(O)(Cn3cncn3)c3ccc(F)cc3F)nn2)cc1. The highest BCUT2D eigenvalue weighted by Gasteiger charge is 2.34. The topological polar surface area (TPSA) is 117 Å². The molecule has 2 aromatic heterocycles. The molecule has 0 bridgehead atoms. The van der Waals surface area contributed by atoms with Crippen molar-refractivity contribution in [1.82, 2.24) is 29.8 Å². The van der Waals surface area contributed by atoms with Crippen LogP contribution in [0.2, 0.25) is 0 Å². The molecule has 0 aliphatic carbocycles. The van der Waals surface area contributed by atoms with Crippen molar-refractivity contribution >= 4 is 5.78 Å². The van der Waals surface area contributed by atoms with Crippen LogP contribution in [0.4, 0.5) is 8.78 Å². The molecule has 1 N–H and O–H groups in total. The highest BCUT2D eigenvalue weighted by atomic mass is 19.1. The largest absolute Gasteiger partial charge is 0.497 e. The molecule has 3 aromatic carbocycles. The van der Waals surface area contributed by atoms with E-state index in [2.05, 4.69) is 20.4 Å². The number of aromatic nitrogens is 6. The van der Waals surface area contributed by atoms with Crippen LogP contribution < -0.4 is 9.47 Å². The summed E-state index contributed by atoms with van der Waals surface area (Å²) in [5, 5.41) is 23.8. The van der Waals surface area contributed by atoms with Crippen LogP contribution in [0.25, 0.3) is 11.1 Å². The van der Waals surface area contributed by atoms with Crippen molar-refractivity contribution in [2.24, 2.45) is 0 Å². The van der Waals surface area contributed by atoms with Crippen molar-refractivity contribution < 1.29 is 28.2 Å². The molecule has 1 unspecified atom stereocenters. The Labute approximate surface area is 233 Å². The van der Waals surface area contributed by atoms with Gasteiger partial charge in [0, 0.05) is 22.8 Å². The zero-order chi connectivity index (χ0) is 29.0. The number of rotatable bonds is 11. The van der Waals surface area contributed by atoms with Gasteiger partial charge in [-0.2, -0.15) is 5.10 Å². The maximum absolute atomic E-state index is 14.8. The number of hydrogen-bond acceptors (Lipinski definition) is 8. The highest BCUT2D eigenvalue weighted by molar-refractivity contribution is 5.96. The minimum atomic E-state index is -1.86. The van der Waals surface area contributed by atoms with Crippen molar-refractivity contribution in [2.75, 3.05) is 7.11 Å². The lowest BCUT2D eigenvalue weighted by Gasteiger charge is -2.28. The van der Waals surface area contributed by atoms with Gasteiger partial charge in [0.2, 0.25) is 0 Å². The molecule has 0 saturated heterocycles. The second kappa shape index (κ2) is 11.6. The fraction of sp³-hybridized carbons (Fsp3) is 0.207. The second-order valence-electron chi connectivity index (χ2n) is 9.44. The van der Waals surface area contributed by atoms with Crippen LogP contribution in [0.15, 0.2) is 79.5 Å². The number of ketones is 1. The number of aliphatic hydroxyl groups is 1. The number of halogens is 2. The van der Waals surface area contributed by atoms with E-state index in [1.54, 1.807) is 31.5 Å². The molecule has 5 aromatic rings. The first-order valence-corrected chi connectivity index (χ1v) is 12.6. The summed E-state index contributed by atoms with van der Waals surface area (Å²) in [6.07, 6.45) is 4.23. The predicted octanol–water partition coefficient (Wildman–Crippen LogP) is 4.19. The van der Waals surface area contributed by atoms with Crippen LogP contribution in [0.5, 0.6) is 11.5 Å². The normalized spacial score (nSPS) is 12.6. The maximum atomic E-state index is 14.8. The van der Waals surface area contributed by atoms with Crippen LogP contribution >= 0.6 is 0 Å². The van der Waals surface area contributed by atoms with Crippen molar-refractivity contribution in [1.29, 1.82) is 0 Å². The summed E-state index contributed by atoms with van der Waals surface area (Å²) in [7, 11) is 1.58. The molecular weight excluding hydrogens is 534 g/mol. The van der Waals surface area contributed by atoms with E-state index in [0.29, 0.717) is 34.4 Å². The Bertz CT molecular complexity index is 1660. The highest BCUT2D eigenvalue weighted by Crippen LogP contribution is 2.33. The smallest absolute Gasteiger partial charge is 0.159 e. The number of ether oxygens (including phenoxy) is 2. The number of benzene rings is 3. The van der Waals surface area contributed by atoms with E-state index in [0.717, 1.165) is 11.6 Å². The van der Waals surface area contributed by atoms with Crippen molar-refractivity contribution in [3.8, 4) is 22.6 Å². The van der Waals surface area contributed by atoms with Gasteiger partial charge in [0.25, 0.3) is 0 Å². The summed E-state index contributed by atoms with van der Waals surface area (Å²) < 4.78 is 42.3. The van der Waals surface area contributed by atoms with Crippen molar-refractivity contribution in [3.05, 3.63) is 108 Å². The first-order chi connectivity index (χ1) is 19.7. The summed E-state index contributed by atoms with van der Waals surface area (Å²) in [5.74, 6) is -0.535. The average Bonchev–Trinajstić information content (AvgIpc) is 3.63. The van der Waals surface area contributed by atoms with Crippen LogP contribution in [0.1, 0.15) is 28.5 Å². The Morgan fingerprint density at radius 3 is 2.49 bits per heavy atom. The molecule has 0 amide bonds. The summed E-state index contributed by atoms with van der Waals surface area (Å²) >= 11 is 0. The number of Topliss-reactive ketones (excluding diaryl/α,β-unsaturated/α-hetero) is 1. The first-order valence-electron chi connectivity index (χ1n) is 12.6. The molecular formula is C29H26F2N6O4. The van der Waals surface area contributed by atoms with Crippen LogP contribution in [0, 0.1) is 11.6 Å². The van der Waals surface area contributed by atoms with Gasteiger partial charge in [-0.25, -0.2) is 23.1 Å². The number of nitrogens with zero attached hydrogens (tertiary/aromatic N) is 6. The van der Waals surface area contributed by atoms with E-state index in [1.165, 1.54) is 35.0 Å². The average molecular weight is 561 g/mol. The quantitative estimate of drug-likeness (QED) is 0.239. The standard InChI is InChI=1S/C29H26F2N6O4/c1-19(38)21-5-10-28(25(11-21)20-3-7-24(40-2)8-4-20)41-14-23-13-36(35-34-23)15-29(39,16-37-18-32-17-33-37)26-9-6-22(30)12-27(26)31/h3-13,17-18,39H,14-16H2,1-2H3. The van der Waals surface area contributed by atoms with E-state index >= 15 is 0 Å². The van der Waals surface area contributed by atoms with Gasteiger partial charge in [-0.3, -0.25) is 4.79 Å². The third-order valence-electron chi connectivity index (χ3n) is 6.49. The Hall–Kier alpha value is -4.97. The Kier molecular flexibility index (Phi) is 7.83. The third kappa shape index (κ3) is 6.28. The Balaban J connectivity index is 1.37. The fourth-order valence-corrected chi connectivity index (χ4v) is 4.44. The van der Waals surface area contributed by atoms with Crippen LogP contribution in [0.3, 0.4) is 0 Å². The van der Waals surface area contributed by atoms with Gasteiger partial charge < -0.3 is 14.6 Å². The van der Waals surface area contributed by atoms with E-state index in [4.69, 9.17) is 9.47 Å². The zero-order valence-electron chi connectivity index (χ0n) is 22.2. The number of hydrogen-bond donors (Lipinski definition) is 1. The number of carbonyl (C=O) groups excluding carboxylic acids is 1. The lowest BCUT2D eigenvalue weighted by molar-refractivity contribution is -0.00892. The molecule has 10 nitrogen and oxygen atoms in total. The second-order valence-corrected chi connectivity index (χ2v) is 9.44. The number of carbonyl (C=O) groups is 1. The van der Waals surface area contributed by atoms with E-state index in [1.807, 2.05) is 24.3 Å². The lowest BCUT2D eigenvalue weighted by atomic mass is 9.93. The number of methoxy groups -OCH3 is 1. The molecule has 0 spiro atoms. The van der Waals surface area contributed by atoms with Gasteiger partial charge >= 0.3 is 0 Å². The van der Waals surface area contributed by atoms with E-state index in [9.17, 15) is 18.7 Å². The van der Waals surface area contributed by atoms with Crippen molar-refractivity contribution in [3.63, 3.8) is 0 Å². The Morgan fingerprint density at radius 2 is 1.80 bits per heavy atom. The molecule has 0 aliphatic heterocycles. The molecule has 1 atom stereocenters. The van der Waals surface area contributed by atoms with Gasteiger partial charge in [0.15, 0.2) is 5.78 Å². The molecule has 41 heavy (non-hydrogen) atoms. The molecule has 2 heterocycles. The predicted molar refractivity (Wildman–Crippen MR) is 143 cm³/mol. The van der Waals surface area contributed by atoms with Crippen molar-refractivity contribution in [2.45, 2.75) is 32.2 Å². The summed E-state index contributed by atoms with van der Waals surface area (Å²) in [6.45, 7) is 1.13. The third-order valence-corrected chi connectivity index (χ3v) is 6.49. The van der Waals surface area contributed by atoms with Gasteiger partial charge in [-0.15, -0.1) is 5.10 Å². The first kappa shape index (κ1) is 27.6. The summed E-state index contributed by atoms with van der Waals surface area (Å²) in [5.41, 5.74) is 0.519. The van der Waals surface area contributed by atoms with Gasteiger partial charge in [-0.1, -0.05) is 23.4 Å². The molecule has 0 aliphatic rings. The molecule has 210 valence electrons. The van der Waals surface area contributed by atoms with E-state index in [-0.39, 0.29) is 31.0 Å². The summed E-state index contributed by atoms with van der Waals surface area (Å²) in [4.78, 5) is 15.9. The van der Waals surface area contributed by atoms with Gasteiger partial charge in [0.1, 0.15) is 53.7 Å². The fourth-order valence-electron chi connectivity index (χ4n) is 4.44. The molecule has 12 heteroatoms.